The molecule has 1 aliphatic heterocycles. The summed E-state index contributed by atoms with van der Waals surface area (Å²) in [5.41, 5.74) is 2.95. The summed E-state index contributed by atoms with van der Waals surface area (Å²) in [7, 11) is -1.19. The molecule has 3 aromatic rings. The van der Waals surface area contributed by atoms with Crippen molar-refractivity contribution in [1.82, 2.24) is 0 Å². The molecular weight excluding hydrogens is 532 g/mol. The Kier molecular flexibility index (Phi) is 7.10. The number of amides is 1. The van der Waals surface area contributed by atoms with Gasteiger partial charge in [-0.25, -0.2) is 8.42 Å². The van der Waals surface area contributed by atoms with Gasteiger partial charge in [-0.2, -0.15) is 0 Å². The molecule has 3 aromatic carbocycles. The molecule has 0 unspecified atom stereocenters. The predicted molar refractivity (Wildman–Crippen MR) is 140 cm³/mol. The van der Waals surface area contributed by atoms with Crippen LogP contribution in [-0.2, 0) is 21.2 Å². The van der Waals surface area contributed by atoms with Gasteiger partial charge in [-0.05, 0) is 86.0 Å². The third-order valence-corrected chi connectivity index (χ3v) is 8.34. The van der Waals surface area contributed by atoms with Gasteiger partial charge in [0.25, 0.3) is 10.0 Å². The predicted octanol–water partition coefficient (Wildman–Crippen LogP) is 4.95. The number of hydrogen-bond acceptors (Lipinski definition) is 5. The van der Waals surface area contributed by atoms with Gasteiger partial charge in [0.05, 0.1) is 19.9 Å². The Morgan fingerprint density at radius 3 is 2.43 bits per heavy atom. The quantitative estimate of drug-likeness (QED) is 0.410. The van der Waals surface area contributed by atoms with Gasteiger partial charge in [-0.1, -0.05) is 22.0 Å². The number of hydrogen-bond donors (Lipinski definition) is 0. The maximum atomic E-state index is 14.0. The molecule has 0 spiro atoms. The van der Waals surface area contributed by atoms with Crippen molar-refractivity contribution >= 4 is 43.2 Å². The first-order valence-electron chi connectivity index (χ1n) is 11.1. The van der Waals surface area contributed by atoms with E-state index in [1.54, 1.807) is 47.4 Å². The van der Waals surface area contributed by atoms with E-state index in [0.717, 1.165) is 25.6 Å². The van der Waals surface area contributed by atoms with Crippen molar-refractivity contribution in [2.75, 3.05) is 30.0 Å². The second-order valence-electron chi connectivity index (χ2n) is 8.45. The van der Waals surface area contributed by atoms with Crippen molar-refractivity contribution in [3.8, 4) is 11.5 Å². The molecule has 0 fully saturated rings. The Morgan fingerprint density at radius 2 is 1.77 bits per heavy atom. The Bertz CT molecular complexity index is 1360. The highest BCUT2D eigenvalue weighted by molar-refractivity contribution is 9.10. The highest BCUT2D eigenvalue weighted by Gasteiger charge is 2.36. The molecular formula is C26H27BrN2O5S. The third kappa shape index (κ3) is 4.88. The Morgan fingerprint density at radius 1 is 1.06 bits per heavy atom. The van der Waals surface area contributed by atoms with E-state index in [-0.39, 0.29) is 29.1 Å². The zero-order chi connectivity index (χ0) is 25.3. The minimum atomic E-state index is -4.15. The molecule has 0 aliphatic carbocycles. The fraction of sp³-hybridized carbons (Fsp3) is 0.269. The van der Waals surface area contributed by atoms with Gasteiger partial charge < -0.3 is 14.4 Å². The second-order valence-corrected chi connectivity index (χ2v) is 11.2. The number of carbonyl (C=O) groups excluding carboxylic acids is 1. The van der Waals surface area contributed by atoms with Gasteiger partial charge in [0.15, 0.2) is 0 Å². The van der Waals surface area contributed by atoms with E-state index in [1.165, 1.54) is 14.2 Å². The summed E-state index contributed by atoms with van der Waals surface area (Å²) in [6.45, 7) is 3.40. The lowest BCUT2D eigenvalue weighted by molar-refractivity contribution is -0.117. The van der Waals surface area contributed by atoms with E-state index >= 15 is 0 Å². The van der Waals surface area contributed by atoms with Gasteiger partial charge >= 0.3 is 0 Å². The minimum Gasteiger partial charge on any atom is -0.497 e. The molecule has 1 amide bonds. The average Bonchev–Trinajstić information content (AvgIpc) is 3.17. The molecule has 4 rings (SSSR count). The van der Waals surface area contributed by atoms with Crippen molar-refractivity contribution in [2.45, 2.75) is 31.2 Å². The Labute approximate surface area is 214 Å². The fourth-order valence-electron chi connectivity index (χ4n) is 4.35. The standard InChI is InChI=1S/C26H27BrN2O5S/c1-17-5-12-24(34-4)25(13-17)35(31,32)28(21-7-9-22(33-3)10-8-21)16-26(30)29-18(2)14-19-15-20(27)6-11-23(19)29/h5-13,15,18H,14,16H2,1-4H3/t18-/m0/s1. The summed E-state index contributed by atoms with van der Waals surface area (Å²) in [5.74, 6) is 0.481. The molecule has 0 N–H and O–H groups in total. The Balaban J connectivity index is 1.78. The largest absolute Gasteiger partial charge is 0.497 e. The lowest BCUT2D eigenvalue weighted by Gasteiger charge is -2.29. The molecule has 184 valence electrons. The van der Waals surface area contributed by atoms with Gasteiger partial charge in [-0.15, -0.1) is 0 Å². The molecule has 1 atom stereocenters. The number of carbonyl (C=O) groups is 1. The molecule has 0 saturated heterocycles. The van der Waals surface area contributed by atoms with Crippen molar-refractivity contribution in [3.05, 3.63) is 76.3 Å². The van der Waals surface area contributed by atoms with Crippen LogP contribution in [0.4, 0.5) is 11.4 Å². The van der Waals surface area contributed by atoms with Crippen LogP contribution in [0.3, 0.4) is 0 Å². The van der Waals surface area contributed by atoms with E-state index in [0.29, 0.717) is 17.9 Å². The zero-order valence-corrected chi connectivity index (χ0v) is 22.4. The van der Waals surface area contributed by atoms with Crippen LogP contribution in [-0.4, -0.2) is 41.1 Å². The smallest absolute Gasteiger partial charge is 0.268 e. The summed E-state index contributed by atoms with van der Waals surface area (Å²) in [5, 5.41) is 0. The van der Waals surface area contributed by atoms with E-state index in [4.69, 9.17) is 9.47 Å². The summed E-state index contributed by atoms with van der Waals surface area (Å²) in [4.78, 5) is 15.3. The number of rotatable bonds is 7. The number of sulfonamides is 1. The highest BCUT2D eigenvalue weighted by atomic mass is 79.9. The number of halogens is 1. The normalized spacial score (nSPS) is 15.0. The number of fused-ring (bicyclic) bond motifs is 1. The van der Waals surface area contributed by atoms with Crippen LogP contribution in [0.15, 0.2) is 70.0 Å². The van der Waals surface area contributed by atoms with Crippen LogP contribution in [0.1, 0.15) is 18.1 Å². The number of ether oxygens (including phenoxy) is 2. The molecule has 35 heavy (non-hydrogen) atoms. The SMILES string of the molecule is COc1ccc(N(CC(=O)N2c3ccc(Br)cc3C[C@@H]2C)S(=O)(=O)c2cc(C)ccc2OC)cc1. The third-order valence-electron chi connectivity index (χ3n) is 6.05. The van der Waals surface area contributed by atoms with Crippen LogP contribution in [0.5, 0.6) is 11.5 Å². The molecule has 0 saturated carbocycles. The summed E-state index contributed by atoms with van der Waals surface area (Å²) in [6.07, 6.45) is 0.696. The molecule has 1 aliphatic rings. The van der Waals surface area contributed by atoms with Crippen molar-refractivity contribution in [2.24, 2.45) is 0 Å². The maximum Gasteiger partial charge on any atom is 0.268 e. The van der Waals surface area contributed by atoms with Crippen LogP contribution in [0.25, 0.3) is 0 Å². The van der Waals surface area contributed by atoms with Gasteiger partial charge in [-0.3, -0.25) is 9.10 Å². The average molecular weight is 559 g/mol. The lowest BCUT2D eigenvalue weighted by Crippen LogP contribution is -2.45. The van der Waals surface area contributed by atoms with Crippen LogP contribution in [0, 0.1) is 6.92 Å². The van der Waals surface area contributed by atoms with Crippen molar-refractivity contribution in [3.63, 3.8) is 0 Å². The maximum absolute atomic E-state index is 14.0. The molecule has 0 radical (unpaired) electrons. The van der Waals surface area contributed by atoms with E-state index in [9.17, 15) is 13.2 Å². The van der Waals surface area contributed by atoms with Crippen molar-refractivity contribution in [1.29, 1.82) is 0 Å². The number of anilines is 2. The summed E-state index contributed by atoms with van der Waals surface area (Å²) < 4.78 is 40.6. The van der Waals surface area contributed by atoms with E-state index in [2.05, 4.69) is 15.9 Å². The van der Waals surface area contributed by atoms with E-state index in [1.807, 2.05) is 32.0 Å². The number of benzene rings is 3. The topological polar surface area (TPSA) is 76.2 Å². The first-order chi connectivity index (χ1) is 16.6. The number of aryl methyl sites for hydroxylation is 1. The summed E-state index contributed by atoms with van der Waals surface area (Å²) in [6, 6.07) is 17.2. The Hall–Kier alpha value is -3.04. The first-order valence-corrected chi connectivity index (χ1v) is 13.3. The second kappa shape index (κ2) is 9.91. The van der Waals surface area contributed by atoms with Crippen LogP contribution < -0.4 is 18.7 Å². The van der Waals surface area contributed by atoms with Gasteiger partial charge in [0.1, 0.15) is 22.9 Å². The minimum absolute atomic E-state index is 0.00224. The first kappa shape index (κ1) is 25.1. The number of methoxy groups -OCH3 is 2. The number of nitrogens with zero attached hydrogens (tertiary/aromatic N) is 2. The highest BCUT2D eigenvalue weighted by Crippen LogP contribution is 2.36. The molecule has 9 heteroatoms. The molecule has 7 nitrogen and oxygen atoms in total. The van der Waals surface area contributed by atoms with E-state index < -0.39 is 10.0 Å². The van der Waals surface area contributed by atoms with Crippen LogP contribution in [0.2, 0.25) is 0 Å². The molecule has 0 aromatic heterocycles. The van der Waals surface area contributed by atoms with Crippen LogP contribution >= 0.6 is 15.9 Å². The molecule has 0 bridgehead atoms. The zero-order valence-electron chi connectivity index (χ0n) is 20.0. The van der Waals surface area contributed by atoms with Gasteiger partial charge in [0, 0.05) is 16.2 Å². The van der Waals surface area contributed by atoms with Gasteiger partial charge in [0.2, 0.25) is 5.91 Å². The lowest BCUT2D eigenvalue weighted by atomic mass is 10.1. The molecule has 1 heterocycles. The van der Waals surface area contributed by atoms with Crippen molar-refractivity contribution < 1.29 is 22.7 Å². The monoisotopic (exact) mass is 558 g/mol. The summed E-state index contributed by atoms with van der Waals surface area (Å²) >= 11 is 3.48. The fourth-order valence-corrected chi connectivity index (χ4v) is 6.41.